The Bertz CT molecular complexity index is 896. The van der Waals surface area contributed by atoms with E-state index >= 15 is 0 Å². The van der Waals surface area contributed by atoms with E-state index in [1.807, 2.05) is 0 Å². The van der Waals surface area contributed by atoms with E-state index in [1.54, 1.807) is 19.9 Å². The first-order valence-corrected chi connectivity index (χ1v) is 8.38. The van der Waals surface area contributed by atoms with Crippen LogP contribution in [0.4, 0.5) is 11.4 Å². The number of anilines is 1. The van der Waals surface area contributed by atoms with Crippen molar-refractivity contribution in [1.29, 1.82) is 0 Å². The third-order valence-electron chi connectivity index (χ3n) is 3.73. The Balaban J connectivity index is 1.98. The number of carbonyl (C=O) groups excluding carboxylic acids is 2. The maximum atomic E-state index is 12.2. The SMILES string of the molecule is CCOc1cc(C(=O)OCC(=O)Nc2ccc([N+](=O)[O-])cc2C)ccc1OC. The smallest absolute Gasteiger partial charge is 0.338 e. The minimum absolute atomic E-state index is 0.0773. The summed E-state index contributed by atoms with van der Waals surface area (Å²) in [6.45, 7) is 3.31. The number of nitro benzene ring substituents is 1. The van der Waals surface area contributed by atoms with E-state index < -0.39 is 23.4 Å². The second-order valence-corrected chi connectivity index (χ2v) is 5.68. The molecule has 0 aliphatic rings. The second-order valence-electron chi connectivity index (χ2n) is 5.68. The van der Waals surface area contributed by atoms with Crippen molar-refractivity contribution in [2.24, 2.45) is 0 Å². The zero-order valence-electron chi connectivity index (χ0n) is 15.7. The fraction of sp³-hybridized carbons (Fsp3) is 0.263. The highest BCUT2D eigenvalue weighted by Gasteiger charge is 2.15. The molecule has 0 unspecified atom stereocenters. The molecule has 0 heterocycles. The van der Waals surface area contributed by atoms with Crippen molar-refractivity contribution in [2.45, 2.75) is 13.8 Å². The molecule has 2 rings (SSSR count). The number of nitrogens with zero attached hydrogens (tertiary/aromatic N) is 1. The first-order valence-electron chi connectivity index (χ1n) is 8.38. The van der Waals surface area contributed by atoms with Gasteiger partial charge in [-0.1, -0.05) is 0 Å². The Morgan fingerprint density at radius 3 is 2.50 bits per heavy atom. The first-order chi connectivity index (χ1) is 13.3. The molecule has 0 aliphatic heterocycles. The summed E-state index contributed by atoms with van der Waals surface area (Å²) in [4.78, 5) is 34.4. The lowest BCUT2D eigenvalue weighted by molar-refractivity contribution is -0.384. The third-order valence-corrected chi connectivity index (χ3v) is 3.73. The Morgan fingerprint density at radius 2 is 1.89 bits per heavy atom. The highest BCUT2D eigenvalue weighted by atomic mass is 16.6. The lowest BCUT2D eigenvalue weighted by Gasteiger charge is -2.11. The highest BCUT2D eigenvalue weighted by Crippen LogP contribution is 2.28. The van der Waals surface area contributed by atoms with Gasteiger partial charge in [0.25, 0.3) is 11.6 Å². The van der Waals surface area contributed by atoms with E-state index in [9.17, 15) is 19.7 Å². The van der Waals surface area contributed by atoms with Crippen molar-refractivity contribution in [2.75, 3.05) is 25.6 Å². The topological polar surface area (TPSA) is 117 Å². The molecule has 9 nitrogen and oxygen atoms in total. The van der Waals surface area contributed by atoms with Crippen LogP contribution in [0.25, 0.3) is 0 Å². The molecule has 0 atom stereocenters. The number of benzene rings is 2. The van der Waals surface area contributed by atoms with Gasteiger partial charge in [0.05, 0.1) is 24.2 Å². The summed E-state index contributed by atoms with van der Waals surface area (Å²) < 4.78 is 15.6. The molecule has 9 heteroatoms. The van der Waals surface area contributed by atoms with Gasteiger partial charge in [-0.25, -0.2) is 4.79 Å². The molecule has 2 aromatic carbocycles. The quantitative estimate of drug-likeness (QED) is 0.419. The molecule has 0 radical (unpaired) electrons. The molecule has 0 saturated heterocycles. The molecular formula is C19H20N2O7. The zero-order valence-corrected chi connectivity index (χ0v) is 15.7. The number of ether oxygens (including phenoxy) is 3. The molecule has 0 fully saturated rings. The molecule has 2 aromatic rings. The van der Waals surface area contributed by atoms with Crippen LogP contribution in [0.3, 0.4) is 0 Å². The molecular weight excluding hydrogens is 368 g/mol. The van der Waals surface area contributed by atoms with Gasteiger partial charge in [0.1, 0.15) is 0 Å². The largest absolute Gasteiger partial charge is 0.493 e. The Kier molecular flexibility index (Phi) is 6.91. The number of carbonyl (C=O) groups is 2. The van der Waals surface area contributed by atoms with E-state index in [-0.39, 0.29) is 11.3 Å². The van der Waals surface area contributed by atoms with Gasteiger partial charge in [-0.2, -0.15) is 0 Å². The van der Waals surface area contributed by atoms with Crippen LogP contribution in [0.15, 0.2) is 36.4 Å². The standard InChI is InChI=1S/C19H20N2O7/c1-4-27-17-10-13(5-8-16(17)26-3)19(23)28-11-18(22)20-15-7-6-14(21(24)25)9-12(15)2/h5-10H,4,11H2,1-3H3,(H,20,22). The number of esters is 1. The molecule has 0 saturated carbocycles. The van der Waals surface area contributed by atoms with Crippen LogP contribution in [0, 0.1) is 17.0 Å². The number of non-ortho nitro benzene ring substituents is 1. The third kappa shape index (κ3) is 5.19. The number of rotatable bonds is 8. The van der Waals surface area contributed by atoms with Crippen LogP contribution < -0.4 is 14.8 Å². The number of nitro groups is 1. The first kappa shape index (κ1) is 20.7. The molecule has 148 valence electrons. The average molecular weight is 388 g/mol. The molecule has 1 N–H and O–H groups in total. The second kappa shape index (κ2) is 9.36. The van der Waals surface area contributed by atoms with Crippen molar-refractivity contribution in [3.63, 3.8) is 0 Å². The lowest BCUT2D eigenvalue weighted by atomic mass is 10.2. The van der Waals surface area contributed by atoms with Crippen molar-refractivity contribution in [1.82, 2.24) is 0 Å². The van der Waals surface area contributed by atoms with Crippen LogP contribution in [-0.2, 0) is 9.53 Å². The number of aryl methyl sites for hydroxylation is 1. The number of methoxy groups -OCH3 is 1. The Morgan fingerprint density at radius 1 is 1.14 bits per heavy atom. The van der Waals surface area contributed by atoms with Gasteiger partial charge in [0, 0.05) is 17.8 Å². The predicted octanol–water partition coefficient (Wildman–Crippen LogP) is 3.11. The van der Waals surface area contributed by atoms with Gasteiger partial charge in [-0.15, -0.1) is 0 Å². The van der Waals surface area contributed by atoms with Crippen molar-refractivity contribution < 1.29 is 28.7 Å². The Hall–Kier alpha value is -3.62. The van der Waals surface area contributed by atoms with Crippen LogP contribution >= 0.6 is 0 Å². The van der Waals surface area contributed by atoms with Gasteiger partial charge in [-0.05, 0) is 43.7 Å². The van der Waals surface area contributed by atoms with Gasteiger partial charge in [-0.3, -0.25) is 14.9 Å². The number of hydrogen-bond acceptors (Lipinski definition) is 7. The minimum atomic E-state index is -0.695. The summed E-state index contributed by atoms with van der Waals surface area (Å²) in [6.07, 6.45) is 0. The summed E-state index contributed by atoms with van der Waals surface area (Å²) in [5.74, 6) is -0.391. The van der Waals surface area contributed by atoms with Crippen LogP contribution in [0.1, 0.15) is 22.8 Å². The van der Waals surface area contributed by atoms with Crippen molar-refractivity contribution in [3.8, 4) is 11.5 Å². The molecule has 28 heavy (non-hydrogen) atoms. The highest BCUT2D eigenvalue weighted by molar-refractivity contribution is 5.96. The molecule has 0 aromatic heterocycles. The molecule has 0 bridgehead atoms. The monoisotopic (exact) mass is 388 g/mol. The normalized spacial score (nSPS) is 10.1. The average Bonchev–Trinajstić information content (AvgIpc) is 2.67. The summed E-state index contributed by atoms with van der Waals surface area (Å²) >= 11 is 0. The van der Waals surface area contributed by atoms with E-state index in [0.717, 1.165) is 0 Å². The molecule has 1 amide bonds. The van der Waals surface area contributed by atoms with Gasteiger partial charge >= 0.3 is 5.97 Å². The van der Waals surface area contributed by atoms with Gasteiger partial charge in [0.15, 0.2) is 18.1 Å². The van der Waals surface area contributed by atoms with Gasteiger partial charge < -0.3 is 19.5 Å². The summed E-state index contributed by atoms with van der Waals surface area (Å²) in [5.41, 5.74) is 1.05. The summed E-state index contributed by atoms with van der Waals surface area (Å²) in [5, 5.41) is 13.3. The summed E-state index contributed by atoms with van der Waals surface area (Å²) in [7, 11) is 1.49. The number of nitrogens with one attached hydrogen (secondary N) is 1. The fourth-order valence-corrected chi connectivity index (χ4v) is 2.37. The predicted molar refractivity (Wildman–Crippen MR) is 101 cm³/mol. The molecule has 0 spiro atoms. The Labute approximate surface area is 161 Å². The van der Waals surface area contributed by atoms with Crippen LogP contribution in [-0.4, -0.2) is 37.1 Å². The zero-order chi connectivity index (χ0) is 20.7. The maximum Gasteiger partial charge on any atom is 0.338 e. The lowest BCUT2D eigenvalue weighted by Crippen LogP contribution is -2.21. The maximum absolute atomic E-state index is 12.2. The fourth-order valence-electron chi connectivity index (χ4n) is 2.37. The minimum Gasteiger partial charge on any atom is -0.493 e. The van der Waals surface area contributed by atoms with E-state index in [0.29, 0.717) is 29.4 Å². The van der Waals surface area contributed by atoms with E-state index in [2.05, 4.69) is 5.32 Å². The van der Waals surface area contributed by atoms with E-state index in [4.69, 9.17) is 14.2 Å². The van der Waals surface area contributed by atoms with E-state index in [1.165, 1.54) is 37.4 Å². The van der Waals surface area contributed by atoms with Crippen molar-refractivity contribution >= 4 is 23.3 Å². The summed E-state index contributed by atoms with van der Waals surface area (Å²) in [6, 6.07) is 8.59. The molecule has 0 aliphatic carbocycles. The van der Waals surface area contributed by atoms with Crippen LogP contribution in [0.2, 0.25) is 0 Å². The van der Waals surface area contributed by atoms with Crippen molar-refractivity contribution in [3.05, 3.63) is 57.6 Å². The number of hydrogen-bond donors (Lipinski definition) is 1. The number of amides is 1. The van der Waals surface area contributed by atoms with Crippen LogP contribution in [0.5, 0.6) is 11.5 Å². The van der Waals surface area contributed by atoms with Gasteiger partial charge in [0.2, 0.25) is 0 Å².